The van der Waals surface area contributed by atoms with Crippen molar-refractivity contribution >= 4 is 23.3 Å². The van der Waals surface area contributed by atoms with Gasteiger partial charge in [-0.3, -0.25) is 4.79 Å². The normalized spacial score (nSPS) is 19.9. The molecule has 1 aliphatic heterocycles. The van der Waals surface area contributed by atoms with Crippen molar-refractivity contribution in [3.8, 4) is 11.3 Å². The summed E-state index contributed by atoms with van der Waals surface area (Å²) in [6.07, 6.45) is -0.0529. The standard InChI is InChI=1S/C19H24ClN3O4/c1-12-10-23(11-13(2)26-12)19(24)16-17(14-4-6-15(20)7-5-14)27-22-18(16)21-8-9-25-3/h4-7,12-13H,8-11H2,1-3H3,(H,21,22)/t12-,13+. The summed E-state index contributed by atoms with van der Waals surface area (Å²) < 4.78 is 16.4. The zero-order valence-electron chi connectivity index (χ0n) is 15.7. The van der Waals surface area contributed by atoms with Crippen LogP contribution in [0, 0.1) is 0 Å². The number of hydrogen-bond donors (Lipinski definition) is 1. The molecular formula is C19H24ClN3O4. The van der Waals surface area contributed by atoms with Crippen molar-refractivity contribution in [1.82, 2.24) is 10.1 Å². The molecule has 2 atom stereocenters. The Hall–Kier alpha value is -2.09. The second kappa shape index (κ2) is 8.73. The SMILES string of the molecule is COCCNc1noc(-c2ccc(Cl)cc2)c1C(=O)N1C[C@@H](C)O[C@@H](C)C1. The molecule has 2 heterocycles. The van der Waals surface area contributed by atoms with Crippen LogP contribution in [0.5, 0.6) is 0 Å². The van der Waals surface area contributed by atoms with Crippen LogP contribution in [0.3, 0.4) is 0 Å². The molecule has 2 aromatic rings. The smallest absolute Gasteiger partial charge is 0.261 e. The Morgan fingerprint density at radius 3 is 2.59 bits per heavy atom. The Bertz CT molecular complexity index is 768. The summed E-state index contributed by atoms with van der Waals surface area (Å²) in [5.74, 6) is 0.695. The van der Waals surface area contributed by atoms with Gasteiger partial charge in [0.1, 0.15) is 5.56 Å². The Labute approximate surface area is 163 Å². The maximum absolute atomic E-state index is 13.3. The van der Waals surface area contributed by atoms with E-state index >= 15 is 0 Å². The molecular weight excluding hydrogens is 370 g/mol. The second-order valence-electron chi connectivity index (χ2n) is 6.63. The van der Waals surface area contributed by atoms with Crippen molar-refractivity contribution in [2.75, 3.05) is 38.7 Å². The third-order valence-electron chi connectivity index (χ3n) is 4.32. The number of rotatable bonds is 6. The molecule has 0 unspecified atom stereocenters. The predicted molar refractivity (Wildman–Crippen MR) is 103 cm³/mol. The van der Waals surface area contributed by atoms with Gasteiger partial charge in [-0.2, -0.15) is 0 Å². The van der Waals surface area contributed by atoms with Crippen LogP contribution in [0.1, 0.15) is 24.2 Å². The number of nitrogens with one attached hydrogen (secondary N) is 1. The number of carbonyl (C=O) groups excluding carboxylic acids is 1. The number of ether oxygens (including phenoxy) is 2. The first-order valence-corrected chi connectivity index (χ1v) is 9.30. The number of aromatic nitrogens is 1. The maximum atomic E-state index is 13.3. The number of benzene rings is 1. The molecule has 1 fully saturated rings. The molecule has 7 nitrogen and oxygen atoms in total. The molecule has 0 radical (unpaired) electrons. The minimum atomic E-state index is -0.136. The van der Waals surface area contributed by atoms with E-state index in [0.29, 0.717) is 48.4 Å². The van der Waals surface area contributed by atoms with Crippen LogP contribution in [-0.4, -0.2) is 61.5 Å². The molecule has 0 aliphatic carbocycles. The molecule has 1 N–H and O–H groups in total. The number of morpholine rings is 1. The number of halogens is 1. The average molecular weight is 394 g/mol. The van der Waals surface area contributed by atoms with Gasteiger partial charge in [-0.15, -0.1) is 0 Å². The van der Waals surface area contributed by atoms with E-state index in [9.17, 15) is 4.79 Å². The molecule has 3 rings (SSSR count). The third-order valence-corrected chi connectivity index (χ3v) is 4.57. The lowest BCUT2D eigenvalue weighted by Crippen LogP contribution is -2.48. The summed E-state index contributed by atoms with van der Waals surface area (Å²) in [6, 6.07) is 7.13. The minimum absolute atomic E-state index is 0.0264. The zero-order valence-corrected chi connectivity index (χ0v) is 16.5. The highest BCUT2D eigenvalue weighted by Gasteiger charge is 2.32. The van der Waals surface area contributed by atoms with Gasteiger partial charge < -0.3 is 24.2 Å². The fourth-order valence-electron chi connectivity index (χ4n) is 3.18. The van der Waals surface area contributed by atoms with Crippen LogP contribution >= 0.6 is 11.6 Å². The van der Waals surface area contributed by atoms with E-state index in [1.54, 1.807) is 24.1 Å². The van der Waals surface area contributed by atoms with E-state index in [-0.39, 0.29) is 18.1 Å². The van der Waals surface area contributed by atoms with Gasteiger partial charge in [-0.05, 0) is 38.1 Å². The van der Waals surface area contributed by atoms with E-state index in [0.717, 1.165) is 5.56 Å². The molecule has 1 aromatic carbocycles. The van der Waals surface area contributed by atoms with Crippen LogP contribution in [0.4, 0.5) is 5.82 Å². The lowest BCUT2D eigenvalue weighted by atomic mass is 10.1. The largest absolute Gasteiger partial charge is 0.383 e. The predicted octanol–water partition coefficient (Wildman–Crippen LogP) is 3.30. The Morgan fingerprint density at radius 1 is 1.30 bits per heavy atom. The first-order valence-electron chi connectivity index (χ1n) is 8.92. The molecule has 0 spiro atoms. The number of anilines is 1. The summed E-state index contributed by atoms with van der Waals surface area (Å²) in [7, 11) is 1.62. The summed E-state index contributed by atoms with van der Waals surface area (Å²) in [5, 5.41) is 7.82. The van der Waals surface area contributed by atoms with Crippen molar-refractivity contribution in [3.05, 3.63) is 34.9 Å². The summed E-state index contributed by atoms with van der Waals surface area (Å²) >= 11 is 5.98. The van der Waals surface area contributed by atoms with Crippen LogP contribution in [0.15, 0.2) is 28.8 Å². The van der Waals surface area contributed by atoms with Crippen molar-refractivity contribution < 1.29 is 18.8 Å². The van der Waals surface area contributed by atoms with E-state index < -0.39 is 0 Å². The van der Waals surface area contributed by atoms with Crippen molar-refractivity contribution in [3.63, 3.8) is 0 Å². The van der Waals surface area contributed by atoms with Crippen LogP contribution < -0.4 is 5.32 Å². The molecule has 1 saturated heterocycles. The van der Waals surface area contributed by atoms with Gasteiger partial charge >= 0.3 is 0 Å². The number of carbonyl (C=O) groups is 1. The molecule has 8 heteroatoms. The summed E-state index contributed by atoms with van der Waals surface area (Å²) in [6.45, 7) is 5.96. The third kappa shape index (κ3) is 4.61. The van der Waals surface area contributed by atoms with Crippen LogP contribution in [-0.2, 0) is 9.47 Å². The molecule has 0 bridgehead atoms. The summed E-state index contributed by atoms with van der Waals surface area (Å²) in [4.78, 5) is 15.1. The van der Waals surface area contributed by atoms with Gasteiger partial charge in [0.25, 0.3) is 5.91 Å². The van der Waals surface area contributed by atoms with Crippen molar-refractivity contribution in [2.45, 2.75) is 26.1 Å². The average Bonchev–Trinajstić information content (AvgIpc) is 3.05. The Balaban J connectivity index is 1.95. The molecule has 27 heavy (non-hydrogen) atoms. The van der Waals surface area contributed by atoms with Crippen molar-refractivity contribution in [1.29, 1.82) is 0 Å². The molecule has 1 aliphatic rings. The second-order valence-corrected chi connectivity index (χ2v) is 7.07. The number of amides is 1. The quantitative estimate of drug-likeness (QED) is 0.759. The van der Waals surface area contributed by atoms with Gasteiger partial charge in [0.05, 0.1) is 18.8 Å². The van der Waals surface area contributed by atoms with Gasteiger partial charge in [0, 0.05) is 37.3 Å². The highest BCUT2D eigenvalue weighted by Crippen LogP contribution is 2.32. The molecule has 1 aromatic heterocycles. The van der Waals surface area contributed by atoms with Gasteiger partial charge in [0.2, 0.25) is 0 Å². The topological polar surface area (TPSA) is 76.8 Å². The van der Waals surface area contributed by atoms with Crippen LogP contribution in [0.25, 0.3) is 11.3 Å². The van der Waals surface area contributed by atoms with Gasteiger partial charge in [0.15, 0.2) is 11.6 Å². The van der Waals surface area contributed by atoms with Gasteiger partial charge in [-0.1, -0.05) is 16.8 Å². The first-order chi connectivity index (χ1) is 13.0. The monoisotopic (exact) mass is 393 g/mol. The van der Waals surface area contributed by atoms with E-state index in [4.69, 9.17) is 25.6 Å². The Morgan fingerprint density at radius 2 is 1.96 bits per heavy atom. The number of nitrogens with zero attached hydrogens (tertiary/aromatic N) is 2. The highest BCUT2D eigenvalue weighted by molar-refractivity contribution is 6.30. The Kier molecular flexibility index (Phi) is 6.36. The minimum Gasteiger partial charge on any atom is -0.383 e. The highest BCUT2D eigenvalue weighted by atomic mass is 35.5. The van der Waals surface area contributed by atoms with E-state index in [2.05, 4.69) is 10.5 Å². The van der Waals surface area contributed by atoms with Gasteiger partial charge in [-0.25, -0.2) is 0 Å². The fourth-order valence-corrected chi connectivity index (χ4v) is 3.31. The van der Waals surface area contributed by atoms with E-state index in [1.807, 2.05) is 26.0 Å². The van der Waals surface area contributed by atoms with Crippen molar-refractivity contribution in [2.24, 2.45) is 0 Å². The number of methoxy groups -OCH3 is 1. The number of hydrogen-bond acceptors (Lipinski definition) is 6. The van der Waals surface area contributed by atoms with E-state index in [1.165, 1.54) is 0 Å². The zero-order chi connectivity index (χ0) is 19.4. The summed E-state index contributed by atoms with van der Waals surface area (Å²) in [5.41, 5.74) is 1.15. The maximum Gasteiger partial charge on any atom is 0.261 e. The lowest BCUT2D eigenvalue weighted by molar-refractivity contribution is -0.0585. The first kappa shape index (κ1) is 19.7. The van der Waals surface area contributed by atoms with Crippen LogP contribution in [0.2, 0.25) is 5.02 Å². The molecule has 0 saturated carbocycles. The molecule has 1 amide bonds. The molecule has 146 valence electrons. The lowest BCUT2D eigenvalue weighted by Gasteiger charge is -2.35. The fraction of sp³-hybridized carbons (Fsp3) is 0.474.